The van der Waals surface area contributed by atoms with Gasteiger partial charge in [0, 0.05) is 54.0 Å². The number of ketones is 3. The van der Waals surface area contributed by atoms with E-state index in [-0.39, 0.29) is 46.9 Å². The summed E-state index contributed by atoms with van der Waals surface area (Å²) >= 11 is 0. The number of Topliss-reactive ketones (excluding diaryl/α,β-unsaturated/α-hetero) is 1. The number of phenolic OH excluding ortho intramolecular Hbond substituents is 2. The van der Waals surface area contributed by atoms with Gasteiger partial charge in [0.2, 0.25) is 11.6 Å². The second kappa shape index (κ2) is 16.7. The number of esters is 1. The molecular formula is C46H41NO16. The number of hydrogen-bond donors (Lipinski definition) is 6. The minimum atomic E-state index is -2.53. The number of nitrogens with one attached hydrogen (secondary N) is 1. The van der Waals surface area contributed by atoms with Crippen molar-refractivity contribution in [1.82, 2.24) is 5.32 Å². The third-order valence-electron chi connectivity index (χ3n) is 12.0. The highest BCUT2D eigenvalue weighted by Gasteiger charge is 2.51. The quantitative estimate of drug-likeness (QED) is 0.0627. The first-order valence-corrected chi connectivity index (χ1v) is 19.9. The molecule has 0 aromatic heterocycles. The van der Waals surface area contributed by atoms with Crippen molar-refractivity contribution in [1.29, 1.82) is 0 Å². The number of phenols is 2. The molecule has 1 aliphatic heterocycles. The van der Waals surface area contributed by atoms with Gasteiger partial charge in [-0.3, -0.25) is 14.4 Å². The number of aromatic hydroxyl groups is 2. The molecule has 3 aliphatic carbocycles. The fraction of sp³-hybridized carbons (Fsp3) is 0.304. The number of ether oxygens (including phenoxy) is 5. The monoisotopic (exact) mass is 863 g/mol. The number of methoxy groups -OCH3 is 1. The van der Waals surface area contributed by atoms with Crippen LogP contribution in [0, 0.1) is 0 Å². The Kier molecular flexibility index (Phi) is 11.4. The van der Waals surface area contributed by atoms with Crippen LogP contribution in [-0.4, -0.2) is 111 Å². The zero-order chi connectivity index (χ0) is 44.9. The van der Waals surface area contributed by atoms with Gasteiger partial charge < -0.3 is 54.5 Å². The van der Waals surface area contributed by atoms with Gasteiger partial charge in [-0.25, -0.2) is 14.4 Å². The molecule has 17 heteroatoms. The maximum atomic E-state index is 14.1. The second-order valence-electron chi connectivity index (χ2n) is 15.7. The first-order valence-electron chi connectivity index (χ1n) is 19.9. The Bertz CT molecular complexity index is 2570. The van der Waals surface area contributed by atoms with E-state index in [0.29, 0.717) is 12.2 Å². The first-order chi connectivity index (χ1) is 30.1. The summed E-state index contributed by atoms with van der Waals surface area (Å²) in [6, 6.07) is 18.8. The lowest BCUT2D eigenvalue weighted by molar-refractivity contribution is -0.249. The molecule has 0 bridgehead atoms. The Balaban J connectivity index is 1.08. The Morgan fingerprint density at radius 2 is 1.51 bits per heavy atom. The lowest BCUT2D eigenvalue weighted by Crippen LogP contribution is -2.56. The molecule has 0 saturated carbocycles. The molecule has 1 heterocycles. The smallest absolute Gasteiger partial charge is 0.407 e. The number of carboxylic acids is 1. The second-order valence-corrected chi connectivity index (χ2v) is 15.7. The summed E-state index contributed by atoms with van der Waals surface area (Å²) < 4.78 is 28.2. The van der Waals surface area contributed by atoms with Gasteiger partial charge in [0.25, 0.3) is 0 Å². The summed E-state index contributed by atoms with van der Waals surface area (Å²) in [6.45, 7) is 0.415. The minimum Gasteiger partial charge on any atom is -0.507 e. The van der Waals surface area contributed by atoms with Crippen molar-refractivity contribution in [2.75, 3.05) is 20.3 Å². The lowest BCUT2D eigenvalue weighted by Gasteiger charge is -2.42. The number of rotatable bonds is 11. The molecule has 1 fully saturated rings. The van der Waals surface area contributed by atoms with Gasteiger partial charge in [-0.15, -0.1) is 0 Å². The van der Waals surface area contributed by atoms with Crippen LogP contribution in [0.3, 0.4) is 0 Å². The van der Waals surface area contributed by atoms with Crippen LogP contribution >= 0.6 is 0 Å². The molecule has 0 radical (unpaired) electrons. The summed E-state index contributed by atoms with van der Waals surface area (Å²) in [5.74, 6) is -7.41. The minimum absolute atomic E-state index is 0.0179. The number of aliphatic hydroxyl groups is 2. The van der Waals surface area contributed by atoms with Gasteiger partial charge in [0.05, 0.1) is 42.0 Å². The molecular weight excluding hydrogens is 822 g/mol. The van der Waals surface area contributed by atoms with Gasteiger partial charge in [-0.2, -0.15) is 0 Å². The van der Waals surface area contributed by atoms with Crippen molar-refractivity contribution in [2.24, 2.45) is 0 Å². The van der Waals surface area contributed by atoms with Crippen LogP contribution in [0.1, 0.15) is 85.9 Å². The summed E-state index contributed by atoms with van der Waals surface area (Å²) in [5, 5.41) is 58.4. The molecule has 63 heavy (non-hydrogen) atoms. The molecule has 4 aliphatic rings. The fourth-order valence-electron chi connectivity index (χ4n) is 8.96. The molecule has 1 saturated heterocycles. The van der Waals surface area contributed by atoms with Crippen LogP contribution in [0.25, 0.3) is 11.1 Å². The van der Waals surface area contributed by atoms with Crippen molar-refractivity contribution in [3.05, 3.63) is 123 Å². The molecule has 4 aromatic rings. The zero-order valence-corrected chi connectivity index (χ0v) is 33.7. The normalized spacial score (nSPS) is 23.5. The average Bonchev–Trinajstić information content (AvgIpc) is 3.58. The van der Waals surface area contributed by atoms with E-state index in [1.165, 1.54) is 32.2 Å². The maximum Gasteiger partial charge on any atom is 0.407 e. The predicted octanol–water partition coefficient (Wildman–Crippen LogP) is 3.77. The highest BCUT2D eigenvalue weighted by molar-refractivity contribution is 6.31. The van der Waals surface area contributed by atoms with Crippen LogP contribution in [0.4, 0.5) is 4.79 Å². The van der Waals surface area contributed by atoms with Crippen molar-refractivity contribution < 1.29 is 78.0 Å². The number of carbonyl (C=O) groups is 6. The molecule has 17 nitrogen and oxygen atoms in total. The number of amides is 1. The molecule has 6 atom stereocenters. The summed E-state index contributed by atoms with van der Waals surface area (Å²) in [5.41, 5.74) is -0.611. The van der Waals surface area contributed by atoms with Crippen LogP contribution in [0.2, 0.25) is 0 Å². The van der Waals surface area contributed by atoms with E-state index in [9.17, 15) is 49.2 Å². The highest BCUT2D eigenvalue weighted by Crippen LogP contribution is 2.53. The van der Waals surface area contributed by atoms with E-state index in [1.807, 2.05) is 48.5 Å². The summed E-state index contributed by atoms with van der Waals surface area (Å²) in [6.07, 6.45) is -6.77. The molecule has 8 rings (SSSR count). The van der Waals surface area contributed by atoms with Crippen molar-refractivity contribution in [2.45, 2.75) is 68.3 Å². The number of fused-ring (bicyclic) bond motifs is 6. The zero-order valence-electron chi connectivity index (χ0n) is 33.7. The van der Waals surface area contributed by atoms with Gasteiger partial charge in [0.15, 0.2) is 18.7 Å². The van der Waals surface area contributed by atoms with Crippen LogP contribution in [0.15, 0.2) is 78.9 Å². The Hall–Kier alpha value is -6.92. The number of aliphatic carboxylic acids is 1. The summed E-state index contributed by atoms with van der Waals surface area (Å²) in [7, 11) is 1.28. The number of benzene rings is 4. The number of hydrogen-bond acceptors (Lipinski definition) is 15. The van der Waals surface area contributed by atoms with Crippen molar-refractivity contribution in [3.63, 3.8) is 0 Å². The van der Waals surface area contributed by atoms with Crippen LogP contribution in [0.5, 0.6) is 17.2 Å². The first kappa shape index (κ1) is 42.8. The van der Waals surface area contributed by atoms with E-state index in [4.69, 9.17) is 28.8 Å². The molecule has 0 unspecified atom stereocenters. The SMILES string of the molecule is COc1cccc2c1C(=O)c1c(O)c3c(c(O)c1C2=O)C[C@@](O)(C(=O)COC(=O)/C=C\C(=O)O)C[C@@H]3O[C@H]1C[C@H](NC(=O)OCC2c3ccccc3-c3ccccc32)[C@H](O)[C@H](C)O1. The van der Waals surface area contributed by atoms with Gasteiger partial charge >= 0.3 is 18.0 Å². The number of alkyl carbamates (subject to hydrolysis) is 1. The molecule has 1 amide bonds. The van der Waals surface area contributed by atoms with Crippen molar-refractivity contribution >= 4 is 35.4 Å². The average molecular weight is 864 g/mol. The molecule has 0 spiro atoms. The fourth-order valence-corrected chi connectivity index (χ4v) is 8.96. The largest absolute Gasteiger partial charge is 0.507 e. The maximum absolute atomic E-state index is 14.1. The Morgan fingerprint density at radius 3 is 2.17 bits per heavy atom. The van der Waals surface area contributed by atoms with E-state index in [0.717, 1.165) is 22.3 Å². The van der Waals surface area contributed by atoms with E-state index in [2.05, 4.69) is 5.32 Å². The third-order valence-corrected chi connectivity index (χ3v) is 12.0. The van der Waals surface area contributed by atoms with Gasteiger partial charge in [-0.05, 0) is 35.2 Å². The predicted molar refractivity (Wildman–Crippen MR) is 216 cm³/mol. The lowest BCUT2D eigenvalue weighted by atomic mass is 9.72. The molecule has 326 valence electrons. The highest BCUT2D eigenvalue weighted by atomic mass is 16.7. The standard InChI is InChI=1S/C46H41NO16/c1-21-40(52)29(47-45(57)61-19-28-24-10-5-3-8-22(24)23-9-4-6-11-25(23)28)16-35(62-21)63-31-18-46(58,32(48)20-60-34(51)15-14-33(49)50)17-27-37(31)44(56)39-38(42(27)54)41(53)26-12-7-13-30(59-2)36(26)43(39)55/h3-15,21,28-29,31,35,40,52,54,56,58H,16-20H2,1-2H3,(H,47,57)(H,49,50)/b15-14-/t21-,29-,31-,35-,40+,46-/m0/s1. The topological polar surface area (TPSA) is 262 Å². The van der Waals surface area contributed by atoms with Crippen LogP contribution in [-0.2, 0) is 39.8 Å². The van der Waals surface area contributed by atoms with E-state index in [1.54, 1.807) is 0 Å². The Morgan fingerprint density at radius 1 is 0.857 bits per heavy atom. The number of carboxylic acid groups (broad SMARTS) is 1. The van der Waals surface area contributed by atoms with E-state index >= 15 is 0 Å². The molecule has 4 aromatic carbocycles. The van der Waals surface area contributed by atoms with Gasteiger partial charge in [0.1, 0.15) is 35.6 Å². The molecule has 6 N–H and O–H groups in total. The van der Waals surface area contributed by atoms with E-state index < -0.39 is 114 Å². The number of aliphatic hydroxyl groups excluding tert-OH is 1. The Labute approximate surface area is 358 Å². The van der Waals surface area contributed by atoms with Gasteiger partial charge in [-0.1, -0.05) is 60.7 Å². The number of carbonyl (C=O) groups excluding carboxylic acids is 5. The third kappa shape index (κ3) is 7.69. The summed E-state index contributed by atoms with van der Waals surface area (Å²) in [4.78, 5) is 78.1. The van der Waals surface area contributed by atoms with Crippen molar-refractivity contribution in [3.8, 4) is 28.4 Å². The van der Waals surface area contributed by atoms with Crippen LogP contribution < -0.4 is 10.1 Å².